The zero-order valence-corrected chi connectivity index (χ0v) is 11.2. The van der Waals surface area contributed by atoms with Gasteiger partial charge in [-0.1, -0.05) is 0 Å². The van der Waals surface area contributed by atoms with Gasteiger partial charge >= 0.3 is 0 Å². The molecule has 0 aromatic heterocycles. The van der Waals surface area contributed by atoms with Crippen LogP contribution < -0.4 is 11.5 Å². The lowest BCUT2D eigenvalue weighted by Gasteiger charge is -2.04. The summed E-state index contributed by atoms with van der Waals surface area (Å²) in [7, 11) is 0. The van der Waals surface area contributed by atoms with E-state index in [0.717, 1.165) is 0 Å². The molecule has 0 fully saturated rings. The van der Waals surface area contributed by atoms with Crippen LogP contribution in [0.4, 0.5) is 0 Å². The minimum Gasteiger partial charge on any atom is -0.366 e. The van der Waals surface area contributed by atoms with Crippen molar-refractivity contribution in [3.05, 3.63) is 30.4 Å². The van der Waals surface area contributed by atoms with Gasteiger partial charge < -0.3 is 11.5 Å². The first-order valence-corrected chi connectivity index (χ1v) is 5.68. The largest absolute Gasteiger partial charge is 0.366 e. The number of halogens is 2. The normalized spacial score (nSPS) is 9.86. The van der Waals surface area contributed by atoms with Crippen LogP contribution in [0, 0.1) is 7.14 Å². The quantitative estimate of drug-likeness (QED) is 0.708. The lowest BCUT2D eigenvalue weighted by Crippen LogP contribution is -2.18. The van der Waals surface area contributed by atoms with Gasteiger partial charge in [0, 0.05) is 7.14 Å². The van der Waals surface area contributed by atoms with Gasteiger partial charge in [0.1, 0.15) is 0 Å². The molecule has 2 amide bonds. The average Bonchev–Trinajstić information content (AvgIpc) is 2.02. The van der Waals surface area contributed by atoms with Crippen molar-refractivity contribution in [3.8, 4) is 0 Å². The first kappa shape index (κ1) is 11.7. The fourth-order valence-electron chi connectivity index (χ4n) is 0.927. The smallest absolute Gasteiger partial charge is 0.249 e. The first-order valence-electron chi connectivity index (χ1n) is 3.52. The summed E-state index contributed by atoms with van der Waals surface area (Å²) < 4.78 is 1.43. The number of hydrogen-bond acceptors (Lipinski definition) is 2. The van der Waals surface area contributed by atoms with Crippen molar-refractivity contribution in [1.29, 1.82) is 0 Å². The van der Waals surface area contributed by atoms with Crippen LogP contribution in [-0.2, 0) is 0 Å². The molecular weight excluding hydrogens is 410 g/mol. The number of carbonyl (C=O) groups excluding carboxylic acids is 2. The summed E-state index contributed by atoms with van der Waals surface area (Å²) in [4.78, 5) is 21.9. The highest BCUT2D eigenvalue weighted by molar-refractivity contribution is 14.1. The predicted molar refractivity (Wildman–Crippen MR) is 68.9 cm³/mol. The standard InChI is InChI=1S/C8H6I2N2O2/c9-5-2-6(10)4(8(12)14)1-3(5)7(11)13/h1-2H,(H2,11,13)(H2,12,14). The van der Waals surface area contributed by atoms with Crippen molar-refractivity contribution in [2.75, 3.05) is 0 Å². The average molecular weight is 416 g/mol. The Morgan fingerprint density at radius 1 is 0.929 bits per heavy atom. The Kier molecular flexibility index (Phi) is 3.70. The maximum absolute atomic E-state index is 11.0. The number of hydrogen-bond donors (Lipinski definition) is 2. The zero-order chi connectivity index (χ0) is 10.9. The molecule has 0 spiro atoms. The Morgan fingerprint density at radius 3 is 1.57 bits per heavy atom. The highest BCUT2D eigenvalue weighted by Gasteiger charge is 2.13. The Morgan fingerprint density at radius 2 is 1.29 bits per heavy atom. The van der Waals surface area contributed by atoms with E-state index in [-0.39, 0.29) is 0 Å². The van der Waals surface area contributed by atoms with Gasteiger partial charge in [-0.2, -0.15) is 0 Å². The Bertz CT molecular complexity index is 383. The van der Waals surface area contributed by atoms with Gasteiger partial charge in [-0.3, -0.25) is 9.59 Å². The molecule has 0 aliphatic rings. The summed E-state index contributed by atoms with van der Waals surface area (Å²) in [5.74, 6) is -1.12. The molecule has 4 nitrogen and oxygen atoms in total. The number of rotatable bonds is 2. The topological polar surface area (TPSA) is 86.2 Å². The van der Waals surface area contributed by atoms with Gasteiger partial charge in [-0.25, -0.2) is 0 Å². The van der Waals surface area contributed by atoms with E-state index in [0.29, 0.717) is 18.3 Å². The summed E-state index contributed by atoms with van der Waals surface area (Å²) >= 11 is 3.97. The first-order chi connectivity index (χ1) is 6.43. The lowest BCUT2D eigenvalue weighted by molar-refractivity contribution is 0.0998. The van der Waals surface area contributed by atoms with Gasteiger partial charge in [-0.05, 0) is 57.3 Å². The molecule has 0 saturated heterocycles. The summed E-state index contributed by atoms with van der Waals surface area (Å²) in [5.41, 5.74) is 10.9. The molecule has 0 saturated carbocycles. The summed E-state index contributed by atoms with van der Waals surface area (Å²) in [6, 6.07) is 3.12. The Labute approximate surface area is 108 Å². The molecule has 0 bridgehead atoms. The molecule has 1 rings (SSSR count). The second kappa shape index (κ2) is 4.43. The van der Waals surface area contributed by atoms with Gasteiger partial charge in [0.2, 0.25) is 11.8 Å². The molecule has 0 aliphatic heterocycles. The van der Waals surface area contributed by atoms with Crippen LogP contribution in [0.15, 0.2) is 12.1 Å². The monoisotopic (exact) mass is 416 g/mol. The highest BCUT2D eigenvalue weighted by Crippen LogP contribution is 2.20. The van der Waals surface area contributed by atoms with E-state index in [2.05, 4.69) is 0 Å². The number of benzene rings is 1. The zero-order valence-electron chi connectivity index (χ0n) is 6.88. The molecule has 6 heteroatoms. The van der Waals surface area contributed by atoms with E-state index in [1.165, 1.54) is 6.07 Å². The van der Waals surface area contributed by atoms with Crippen molar-refractivity contribution in [2.45, 2.75) is 0 Å². The highest BCUT2D eigenvalue weighted by atomic mass is 127. The minimum absolute atomic E-state index is 0.319. The second-order valence-corrected chi connectivity index (χ2v) is 4.86. The molecule has 1 aromatic carbocycles. The SMILES string of the molecule is NC(=O)c1cc(C(N)=O)c(I)cc1I. The van der Waals surface area contributed by atoms with Gasteiger partial charge in [-0.15, -0.1) is 0 Å². The van der Waals surface area contributed by atoms with Crippen LogP contribution in [0.2, 0.25) is 0 Å². The van der Waals surface area contributed by atoms with Crippen LogP contribution in [0.1, 0.15) is 20.7 Å². The fourth-order valence-corrected chi connectivity index (χ4v) is 2.99. The van der Waals surface area contributed by atoms with E-state index >= 15 is 0 Å². The lowest BCUT2D eigenvalue weighted by atomic mass is 10.1. The molecule has 0 atom stereocenters. The molecule has 1 aromatic rings. The number of carbonyl (C=O) groups is 2. The maximum Gasteiger partial charge on any atom is 0.249 e. The van der Waals surface area contributed by atoms with E-state index in [9.17, 15) is 9.59 Å². The minimum atomic E-state index is -0.562. The van der Waals surface area contributed by atoms with Gasteiger partial charge in [0.25, 0.3) is 0 Å². The summed E-state index contributed by atoms with van der Waals surface area (Å²) in [6.45, 7) is 0. The van der Waals surface area contributed by atoms with E-state index in [4.69, 9.17) is 11.5 Å². The number of nitrogens with two attached hydrogens (primary N) is 2. The molecule has 0 aliphatic carbocycles. The van der Waals surface area contributed by atoms with E-state index in [1.807, 2.05) is 45.2 Å². The van der Waals surface area contributed by atoms with Crippen molar-refractivity contribution in [2.24, 2.45) is 11.5 Å². The van der Waals surface area contributed by atoms with Crippen molar-refractivity contribution in [3.63, 3.8) is 0 Å². The van der Waals surface area contributed by atoms with Crippen molar-refractivity contribution >= 4 is 57.0 Å². The summed E-state index contributed by atoms with van der Waals surface area (Å²) in [5, 5.41) is 0. The molecule has 0 radical (unpaired) electrons. The van der Waals surface area contributed by atoms with Crippen LogP contribution in [0.5, 0.6) is 0 Å². The van der Waals surface area contributed by atoms with Gasteiger partial charge in [0.05, 0.1) is 11.1 Å². The van der Waals surface area contributed by atoms with Crippen LogP contribution in [-0.4, -0.2) is 11.8 Å². The van der Waals surface area contributed by atoms with Gasteiger partial charge in [0.15, 0.2) is 0 Å². The third-order valence-electron chi connectivity index (χ3n) is 1.59. The van der Waals surface area contributed by atoms with Crippen LogP contribution in [0.25, 0.3) is 0 Å². The maximum atomic E-state index is 11.0. The van der Waals surface area contributed by atoms with Crippen LogP contribution >= 0.6 is 45.2 Å². The van der Waals surface area contributed by atoms with E-state index in [1.54, 1.807) is 6.07 Å². The van der Waals surface area contributed by atoms with E-state index < -0.39 is 11.8 Å². The third kappa shape index (κ3) is 2.35. The Hall–Kier alpha value is -0.380. The molecule has 74 valence electrons. The molecule has 4 N–H and O–H groups in total. The molecule has 14 heavy (non-hydrogen) atoms. The second-order valence-electron chi connectivity index (χ2n) is 2.54. The van der Waals surface area contributed by atoms with Crippen molar-refractivity contribution in [1.82, 2.24) is 0 Å². The molecular formula is C8H6I2N2O2. The number of primary amides is 2. The summed E-state index contributed by atoms with van der Waals surface area (Å²) in [6.07, 6.45) is 0. The van der Waals surface area contributed by atoms with Crippen molar-refractivity contribution < 1.29 is 9.59 Å². The third-order valence-corrected chi connectivity index (χ3v) is 3.37. The molecule has 0 unspecified atom stereocenters. The van der Waals surface area contributed by atoms with Crippen LogP contribution in [0.3, 0.4) is 0 Å². The predicted octanol–water partition coefficient (Wildman–Crippen LogP) is 1.09. The number of amides is 2. The Balaban J connectivity index is 3.42. The fraction of sp³-hybridized carbons (Fsp3) is 0. The molecule has 0 heterocycles.